The summed E-state index contributed by atoms with van der Waals surface area (Å²) >= 11 is 7.32. The first-order valence-corrected chi connectivity index (χ1v) is 8.06. The van der Waals surface area contributed by atoms with Crippen LogP contribution < -0.4 is 10.7 Å². The van der Waals surface area contributed by atoms with Gasteiger partial charge in [-0.05, 0) is 31.5 Å². The minimum atomic E-state index is -1.33. The number of rotatable bonds is 3. The number of aliphatic carboxylic acids is 1. The Morgan fingerprint density at radius 2 is 2.00 bits per heavy atom. The predicted molar refractivity (Wildman–Crippen MR) is 88.8 cm³/mol. The quantitative estimate of drug-likeness (QED) is 0.729. The summed E-state index contributed by atoms with van der Waals surface area (Å²) in [4.78, 5) is 29.6. The van der Waals surface area contributed by atoms with Crippen LogP contribution in [0.15, 0.2) is 35.4 Å². The van der Waals surface area contributed by atoms with Crippen LogP contribution >= 0.6 is 22.9 Å². The molecule has 0 spiro atoms. The van der Waals surface area contributed by atoms with Crippen molar-refractivity contribution in [3.63, 3.8) is 0 Å². The van der Waals surface area contributed by atoms with Gasteiger partial charge in [0.05, 0.1) is 23.7 Å². The van der Waals surface area contributed by atoms with Crippen molar-refractivity contribution in [2.45, 2.75) is 19.9 Å². The number of carboxylic acids is 1. The Morgan fingerprint density at radius 3 is 2.61 bits per heavy atom. The molecule has 7 heteroatoms. The van der Waals surface area contributed by atoms with Crippen molar-refractivity contribution in [1.29, 1.82) is 0 Å². The number of hydrogen-bond donors (Lipinski definition) is 0. The van der Waals surface area contributed by atoms with Crippen LogP contribution in [0, 0.1) is 6.92 Å². The van der Waals surface area contributed by atoms with Crippen molar-refractivity contribution in [3.8, 4) is 11.1 Å². The van der Waals surface area contributed by atoms with Crippen LogP contribution in [0.25, 0.3) is 21.3 Å². The second-order valence-electron chi connectivity index (χ2n) is 5.17. The molecular weight excluding hydrogens is 336 g/mol. The number of aromatic nitrogens is 2. The lowest BCUT2D eigenvalue weighted by Crippen LogP contribution is -2.36. The Morgan fingerprint density at radius 1 is 1.35 bits per heavy atom. The minimum absolute atomic E-state index is 0.388. The van der Waals surface area contributed by atoms with E-state index in [1.165, 1.54) is 24.6 Å². The number of hydrogen-bond acceptors (Lipinski definition) is 5. The predicted octanol–water partition coefficient (Wildman–Crippen LogP) is 2.40. The molecule has 3 aromatic rings. The Hall–Kier alpha value is -2.18. The summed E-state index contributed by atoms with van der Waals surface area (Å²) in [5.41, 5.74) is 1.22. The van der Waals surface area contributed by atoms with Gasteiger partial charge in [0.1, 0.15) is 4.83 Å². The number of carboxylic acid groups (broad SMARTS) is 1. The highest BCUT2D eigenvalue weighted by atomic mass is 35.5. The van der Waals surface area contributed by atoms with E-state index in [1.54, 1.807) is 12.1 Å². The first-order chi connectivity index (χ1) is 10.9. The summed E-state index contributed by atoms with van der Waals surface area (Å²) in [6, 6.07) is 6.07. The zero-order valence-electron chi connectivity index (χ0n) is 12.4. The molecule has 0 bridgehead atoms. The van der Waals surface area contributed by atoms with E-state index in [0.717, 1.165) is 20.6 Å². The molecule has 23 heavy (non-hydrogen) atoms. The number of fused-ring (bicyclic) bond motifs is 1. The standard InChI is InChI=1S/C16H13ClN2O3S/c1-8(16(21)22)19-7-18-14-13(15(19)20)12(9(2)23-14)10-3-5-11(17)6-4-10/h3-8H,1-2H3,(H,21,22)/p-1. The highest BCUT2D eigenvalue weighted by molar-refractivity contribution is 7.19. The molecule has 5 nitrogen and oxygen atoms in total. The number of thiophene rings is 1. The molecule has 0 N–H and O–H groups in total. The van der Waals surface area contributed by atoms with E-state index < -0.39 is 12.0 Å². The van der Waals surface area contributed by atoms with Crippen LogP contribution in [-0.2, 0) is 4.79 Å². The molecule has 0 aliphatic heterocycles. The molecule has 3 rings (SSSR count). The van der Waals surface area contributed by atoms with Gasteiger partial charge in [-0.3, -0.25) is 9.36 Å². The summed E-state index contributed by atoms with van der Waals surface area (Å²) in [6.07, 6.45) is 1.26. The zero-order valence-corrected chi connectivity index (χ0v) is 13.9. The largest absolute Gasteiger partial charge is 0.548 e. The van der Waals surface area contributed by atoms with E-state index in [9.17, 15) is 14.7 Å². The lowest BCUT2D eigenvalue weighted by molar-refractivity contribution is -0.309. The third-order valence-corrected chi connectivity index (χ3v) is 4.97. The van der Waals surface area contributed by atoms with E-state index in [4.69, 9.17) is 11.6 Å². The molecule has 0 saturated carbocycles. The van der Waals surface area contributed by atoms with Gasteiger partial charge in [-0.2, -0.15) is 0 Å². The average Bonchev–Trinajstić information content (AvgIpc) is 2.85. The van der Waals surface area contributed by atoms with Crippen molar-refractivity contribution in [3.05, 3.63) is 50.8 Å². The highest BCUT2D eigenvalue weighted by Crippen LogP contribution is 2.35. The van der Waals surface area contributed by atoms with Crippen LogP contribution in [0.5, 0.6) is 0 Å². The lowest BCUT2D eigenvalue weighted by Gasteiger charge is -2.15. The number of nitrogens with zero attached hydrogens (tertiary/aromatic N) is 2. The SMILES string of the molecule is Cc1sc2ncn(C(C)C(=O)[O-])c(=O)c2c1-c1ccc(Cl)cc1. The maximum atomic E-state index is 12.8. The molecule has 1 unspecified atom stereocenters. The third-order valence-electron chi connectivity index (χ3n) is 3.70. The van der Waals surface area contributed by atoms with E-state index in [-0.39, 0.29) is 5.56 Å². The fourth-order valence-electron chi connectivity index (χ4n) is 2.47. The van der Waals surface area contributed by atoms with Crippen LogP contribution in [0.1, 0.15) is 17.8 Å². The second kappa shape index (κ2) is 5.79. The summed E-state index contributed by atoms with van der Waals surface area (Å²) in [6.45, 7) is 3.30. The van der Waals surface area contributed by atoms with Gasteiger partial charge in [0.25, 0.3) is 5.56 Å². The topological polar surface area (TPSA) is 75.0 Å². The molecule has 2 heterocycles. The highest BCUT2D eigenvalue weighted by Gasteiger charge is 2.18. The molecule has 118 valence electrons. The third kappa shape index (κ3) is 2.64. The summed E-state index contributed by atoms with van der Waals surface area (Å²) in [7, 11) is 0. The fraction of sp³-hybridized carbons (Fsp3) is 0.188. The fourth-order valence-corrected chi connectivity index (χ4v) is 3.60. The average molecular weight is 348 g/mol. The number of aryl methyl sites for hydroxylation is 1. The molecule has 0 radical (unpaired) electrons. The van der Waals surface area contributed by atoms with Gasteiger partial charge in [0.2, 0.25) is 0 Å². The number of carbonyl (C=O) groups excluding carboxylic acids is 1. The molecule has 0 fully saturated rings. The lowest BCUT2D eigenvalue weighted by atomic mass is 10.0. The molecule has 0 saturated heterocycles. The Kier molecular flexibility index (Phi) is 3.95. The van der Waals surface area contributed by atoms with Gasteiger partial charge in [-0.1, -0.05) is 23.7 Å². The zero-order chi connectivity index (χ0) is 16.7. The molecular formula is C16H12ClN2O3S-. The van der Waals surface area contributed by atoms with Crippen molar-refractivity contribution >= 4 is 39.1 Å². The summed E-state index contributed by atoms with van der Waals surface area (Å²) in [5, 5.41) is 12.1. The van der Waals surface area contributed by atoms with Gasteiger partial charge in [0, 0.05) is 15.5 Å². The maximum absolute atomic E-state index is 12.8. The van der Waals surface area contributed by atoms with Crippen molar-refractivity contribution < 1.29 is 9.90 Å². The Labute approximate surface area is 140 Å². The van der Waals surface area contributed by atoms with Gasteiger partial charge < -0.3 is 9.90 Å². The normalized spacial score (nSPS) is 12.5. The van der Waals surface area contributed by atoms with Gasteiger partial charge in [-0.15, -0.1) is 11.3 Å². The minimum Gasteiger partial charge on any atom is -0.548 e. The first-order valence-electron chi connectivity index (χ1n) is 6.87. The Bertz CT molecular complexity index is 960. The van der Waals surface area contributed by atoms with Crippen molar-refractivity contribution in [2.75, 3.05) is 0 Å². The first kappa shape index (κ1) is 15.7. The van der Waals surface area contributed by atoms with Crippen LogP contribution in [-0.4, -0.2) is 15.5 Å². The number of carbonyl (C=O) groups is 1. The summed E-state index contributed by atoms with van der Waals surface area (Å²) < 4.78 is 1.09. The van der Waals surface area contributed by atoms with Gasteiger partial charge in [-0.25, -0.2) is 4.98 Å². The molecule has 1 atom stereocenters. The van der Waals surface area contributed by atoms with E-state index in [2.05, 4.69) is 4.98 Å². The monoisotopic (exact) mass is 347 g/mol. The van der Waals surface area contributed by atoms with Crippen LogP contribution in [0.2, 0.25) is 5.02 Å². The van der Waals surface area contributed by atoms with Crippen molar-refractivity contribution in [2.24, 2.45) is 0 Å². The van der Waals surface area contributed by atoms with Crippen molar-refractivity contribution in [1.82, 2.24) is 9.55 Å². The summed E-state index contributed by atoms with van der Waals surface area (Å²) in [5.74, 6) is -1.33. The van der Waals surface area contributed by atoms with E-state index in [1.807, 2.05) is 19.1 Å². The Balaban J connectivity index is 2.32. The molecule has 0 aliphatic carbocycles. The second-order valence-corrected chi connectivity index (χ2v) is 6.81. The molecule has 0 aliphatic rings. The molecule has 0 amide bonds. The van der Waals surface area contributed by atoms with E-state index in [0.29, 0.717) is 15.2 Å². The van der Waals surface area contributed by atoms with Crippen LogP contribution in [0.4, 0.5) is 0 Å². The molecule has 1 aromatic carbocycles. The van der Waals surface area contributed by atoms with Gasteiger partial charge >= 0.3 is 0 Å². The smallest absolute Gasteiger partial charge is 0.263 e. The number of benzene rings is 1. The van der Waals surface area contributed by atoms with E-state index >= 15 is 0 Å². The van der Waals surface area contributed by atoms with Crippen LogP contribution in [0.3, 0.4) is 0 Å². The van der Waals surface area contributed by atoms with Gasteiger partial charge in [0.15, 0.2) is 0 Å². The number of halogens is 1. The molecule has 2 aromatic heterocycles. The maximum Gasteiger partial charge on any atom is 0.263 e.